The first-order valence-corrected chi connectivity index (χ1v) is 5.94. The van der Waals surface area contributed by atoms with Crippen molar-refractivity contribution < 1.29 is 24.1 Å². The van der Waals surface area contributed by atoms with Crippen molar-refractivity contribution in [1.29, 1.82) is 0 Å². The van der Waals surface area contributed by atoms with Crippen molar-refractivity contribution in [3.63, 3.8) is 0 Å². The Hall–Kier alpha value is -1.27. The fourth-order valence-electron chi connectivity index (χ4n) is 1.62. The van der Waals surface area contributed by atoms with E-state index in [1.54, 1.807) is 6.07 Å². The molecule has 0 saturated carbocycles. The molecule has 18 heavy (non-hydrogen) atoms. The maximum atomic E-state index is 11.4. The van der Waals surface area contributed by atoms with Gasteiger partial charge in [-0.3, -0.25) is 0 Å². The van der Waals surface area contributed by atoms with Gasteiger partial charge >= 0.3 is 5.97 Å². The highest BCUT2D eigenvalue weighted by atomic mass is 79.9. The normalized spacial score (nSPS) is 11.9. The SMILES string of the molecule is COC(=O)C(O)c1cc(Br)c(C)c(OC)c1OC. The molecule has 1 aromatic carbocycles. The Morgan fingerprint density at radius 1 is 1.28 bits per heavy atom. The lowest BCUT2D eigenvalue weighted by Crippen LogP contribution is -2.15. The summed E-state index contributed by atoms with van der Waals surface area (Å²) in [6.07, 6.45) is -1.42. The van der Waals surface area contributed by atoms with E-state index in [2.05, 4.69) is 20.7 Å². The second kappa shape index (κ2) is 6.06. The molecule has 5 nitrogen and oxygen atoms in total. The first-order chi connectivity index (χ1) is 8.47. The molecule has 0 fully saturated rings. The van der Waals surface area contributed by atoms with Crippen LogP contribution in [0.1, 0.15) is 17.2 Å². The van der Waals surface area contributed by atoms with Crippen molar-refractivity contribution in [3.8, 4) is 11.5 Å². The molecule has 0 heterocycles. The summed E-state index contributed by atoms with van der Waals surface area (Å²) in [7, 11) is 4.14. The smallest absolute Gasteiger partial charge is 0.339 e. The van der Waals surface area contributed by atoms with Gasteiger partial charge in [0.05, 0.1) is 21.3 Å². The largest absolute Gasteiger partial charge is 0.493 e. The number of hydrogen-bond donors (Lipinski definition) is 1. The molecule has 0 radical (unpaired) electrons. The van der Waals surface area contributed by atoms with Crippen molar-refractivity contribution >= 4 is 21.9 Å². The van der Waals surface area contributed by atoms with Crippen LogP contribution in [0, 0.1) is 6.92 Å². The van der Waals surface area contributed by atoms with Crippen molar-refractivity contribution in [2.45, 2.75) is 13.0 Å². The third-order valence-electron chi connectivity index (χ3n) is 2.58. The number of hydrogen-bond acceptors (Lipinski definition) is 5. The summed E-state index contributed by atoms with van der Waals surface area (Å²) in [5, 5.41) is 9.91. The Kier molecular flexibility index (Phi) is 4.98. The molecular formula is C12H15BrO5. The number of carbonyl (C=O) groups is 1. The lowest BCUT2D eigenvalue weighted by atomic mass is 10.0. The van der Waals surface area contributed by atoms with Crippen LogP contribution in [-0.4, -0.2) is 32.4 Å². The van der Waals surface area contributed by atoms with Crippen LogP contribution in [0.25, 0.3) is 0 Å². The van der Waals surface area contributed by atoms with Gasteiger partial charge in [0.2, 0.25) is 0 Å². The minimum Gasteiger partial charge on any atom is -0.493 e. The Balaban J connectivity index is 3.44. The van der Waals surface area contributed by atoms with E-state index in [1.807, 2.05) is 6.92 Å². The summed E-state index contributed by atoms with van der Waals surface area (Å²) >= 11 is 3.34. The van der Waals surface area contributed by atoms with Crippen LogP contribution < -0.4 is 9.47 Å². The highest BCUT2D eigenvalue weighted by molar-refractivity contribution is 9.10. The summed E-state index contributed by atoms with van der Waals surface area (Å²) in [6.45, 7) is 1.83. The van der Waals surface area contributed by atoms with Crippen LogP contribution in [-0.2, 0) is 9.53 Å². The van der Waals surface area contributed by atoms with Gasteiger partial charge in [-0.15, -0.1) is 0 Å². The average Bonchev–Trinajstić information content (AvgIpc) is 2.39. The van der Waals surface area contributed by atoms with Crippen molar-refractivity contribution in [2.75, 3.05) is 21.3 Å². The van der Waals surface area contributed by atoms with Gasteiger partial charge in [-0.2, -0.15) is 0 Å². The molecular weight excluding hydrogens is 304 g/mol. The number of halogens is 1. The third-order valence-corrected chi connectivity index (χ3v) is 3.40. The van der Waals surface area contributed by atoms with Gasteiger partial charge in [-0.05, 0) is 13.0 Å². The quantitative estimate of drug-likeness (QED) is 0.860. The monoisotopic (exact) mass is 318 g/mol. The van der Waals surface area contributed by atoms with Crippen LogP contribution in [0.5, 0.6) is 11.5 Å². The lowest BCUT2D eigenvalue weighted by Gasteiger charge is -2.18. The highest BCUT2D eigenvalue weighted by Gasteiger charge is 2.26. The number of ether oxygens (including phenoxy) is 3. The number of benzene rings is 1. The first-order valence-electron chi connectivity index (χ1n) is 5.14. The van der Waals surface area contributed by atoms with Crippen molar-refractivity contribution in [1.82, 2.24) is 0 Å². The highest BCUT2D eigenvalue weighted by Crippen LogP contribution is 2.41. The Morgan fingerprint density at radius 2 is 1.83 bits per heavy atom. The van der Waals surface area contributed by atoms with Crippen LogP contribution in [0.3, 0.4) is 0 Å². The van der Waals surface area contributed by atoms with Gasteiger partial charge in [0.1, 0.15) is 0 Å². The zero-order valence-corrected chi connectivity index (χ0v) is 12.2. The van der Waals surface area contributed by atoms with Crippen LogP contribution in [0.15, 0.2) is 10.5 Å². The minimum absolute atomic E-state index is 0.290. The van der Waals surface area contributed by atoms with E-state index in [4.69, 9.17) is 9.47 Å². The Labute approximate surface area is 114 Å². The average molecular weight is 319 g/mol. The van der Waals surface area contributed by atoms with Gasteiger partial charge in [0, 0.05) is 15.6 Å². The van der Waals surface area contributed by atoms with Crippen LogP contribution in [0.2, 0.25) is 0 Å². The molecule has 1 rings (SSSR count). The number of methoxy groups -OCH3 is 3. The lowest BCUT2D eigenvalue weighted by molar-refractivity contribution is -0.150. The third kappa shape index (κ3) is 2.59. The number of esters is 1. The maximum absolute atomic E-state index is 11.4. The van der Waals surface area contributed by atoms with E-state index >= 15 is 0 Å². The van der Waals surface area contributed by atoms with Gasteiger partial charge in [-0.1, -0.05) is 15.9 Å². The summed E-state index contributed by atoms with van der Waals surface area (Å²) in [4.78, 5) is 11.4. The molecule has 100 valence electrons. The number of aliphatic hydroxyl groups excluding tert-OH is 1. The molecule has 0 aliphatic carbocycles. The van der Waals surface area contributed by atoms with Crippen LogP contribution >= 0.6 is 15.9 Å². The molecule has 1 atom stereocenters. The Bertz CT molecular complexity index is 458. The second-order valence-electron chi connectivity index (χ2n) is 3.56. The van der Waals surface area contributed by atoms with E-state index in [9.17, 15) is 9.90 Å². The number of aliphatic hydroxyl groups is 1. The summed E-state index contributed by atoms with van der Waals surface area (Å²) in [5.41, 5.74) is 1.11. The minimum atomic E-state index is -1.42. The number of carbonyl (C=O) groups excluding carboxylic acids is 1. The summed E-state index contributed by atoms with van der Waals surface area (Å²) in [6, 6.07) is 1.61. The standard InChI is InChI=1S/C12H15BrO5/c1-6-8(13)5-7(9(14)12(15)18-4)11(17-3)10(6)16-2/h5,9,14H,1-4H3. The summed E-state index contributed by atoms with van der Waals surface area (Å²) < 4.78 is 15.7. The molecule has 0 aromatic heterocycles. The molecule has 1 aromatic rings. The van der Waals surface area contributed by atoms with E-state index in [-0.39, 0.29) is 0 Å². The number of rotatable bonds is 4. The zero-order chi connectivity index (χ0) is 13.9. The second-order valence-corrected chi connectivity index (χ2v) is 4.42. The van der Waals surface area contributed by atoms with E-state index < -0.39 is 12.1 Å². The van der Waals surface area contributed by atoms with E-state index in [0.29, 0.717) is 21.5 Å². The van der Waals surface area contributed by atoms with Gasteiger partial charge in [-0.25, -0.2) is 4.79 Å². The molecule has 1 unspecified atom stereocenters. The Morgan fingerprint density at radius 3 is 2.28 bits per heavy atom. The first kappa shape index (κ1) is 14.8. The van der Waals surface area contributed by atoms with Crippen molar-refractivity contribution in [2.24, 2.45) is 0 Å². The fraction of sp³-hybridized carbons (Fsp3) is 0.417. The topological polar surface area (TPSA) is 65.0 Å². The van der Waals surface area contributed by atoms with Gasteiger partial charge < -0.3 is 19.3 Å². The maximum Gasteiger partial charge on any atom is 0.339 e. The van der Waals surface area contributed by atoms with Gasteiger partial charge in [0.15, 0.2) is 17.6 Å². The summed E-state index contributed by atoms with van der Waals surface area (Å²) in [5.74, 6) is 0.0204. The zero-order valence-electron chi connectivity index (χ0n) is 10.6. The predicted molar refractivity (Wildman–Crippen MR) is 69.0 cm³/mol. The predicted octanol–water partition coefficient (Wildman–Crippen LogP) is 1.98. The molecule has 0 bridgehead atoms. The van der Waals surface area contributed by atoms with Gasteiger partial charge in [0.25, 0.3) is 0 Å². The molecule has 1 N–H and O–H groups in total. The fourth-order valence-corrected chi connectivity index (χ4v) is 2.04. The molecule has 0 aliphatic heterocycles. The van der Waals surface area contributed by atoms with E-state index in [0.717, 1.165) is 5.56 Å². The van der Waals surface area contributed by atoms with E-state index in [1.165, 1.54) is 21.3 Å². The molecule has 0 aliphatic rings. The molecule has 0 saturated heterocycles. The van der Waals surface area contributed by atoms with Crippen molar-refractivity contribution in [3.05, 3.63) is 21.7 Å². The molecule has 0 spiro atoms. The molecule has 6 heteroatoms. The molecule has 0 amide bonds. The van der Waals surface area contributed by atoms with Crippen LogP contribution in [0.4, 0.5) is 0 Å².